The van der Waals surface area contributed by atoms with E-state index in [0.717, 1.165) is 5.01 Å². The fourth-order valence-electron chi connectivity index (χ4n) is 0.941. The molecule has 0 aliphatic heterocycles. The number of rotatable bonds is 3. The maximum Gasteiger partial charge on any atom is 0.105 e. The summed E-state index contributed by atoms with van der Waals surface area (Å²) in [6.07, 6.45) is 1.67. The van der Waals surface area contributed by atoms with Gasteiger partial charge in [-0.05, 0) is 11.5 Å². The summed E-state index contributed by atoms with van der Waals surface area (Å²) in [6.45, 7) is 0. The van der Waals surface area contributed by atoms with Crippen LogP contribution in [0.5, 0.6) is 0 Å². The largest absolute Gasteiger partial charge is 0.386 e. The second kappa shape index (κ2) is 3.91. The zero-order valence-corrected chi connectivity index (χ0v) is 8.25. The molecule has 68 valence electrons. The standard InChI is InChI=1S/C7H7N3OS2/c11-6(5-4-13-10-9-5)3-7-8-1-2-12-7/h1-2,4,6,11H,3H2. The van der Waals surface area contributed by atoms with Crippen LogP contribution in [0.25, 0.3) is 0 Å². The number of nitrogens with zero attached hydrogens (tertiary/aromatic N) is 3. The highest BCUT2D eigenvalue weighted by Gasteiger charge is 2.12. The van der Waals surface area contributed by atoms with E-state index in [1.165, 1.54) is 22.9 Å². The maximum absolute atomic E-state index is 9.65. The Bertz CT molecular complexity index is 346. The van der Waals surface area contributed by atoms with Gasteiger partial charge in [-0.25, -0.2) is 4.98 Å². The Kier molecular flexibility index (Phi) is 2.62. The van der Waals surface area contributed by atoms with Gasteiger partial charge in [-0.2, -0.15) is 0 Å². The van der Waals surface area contributed by atoms with Crippen LogP contribution in [0.3, 0.4) is 0 Å². The average molecular weight is 213 g/mol. The van der Waals surface area contributed by atoms with Crippen LogP contribution in [0.2, 0.25) is 0 Å². The molecule has 2 heterocycles. The molecular weight excluding hydrogens is 206 g/mol. The van der Waals surface area contributed by atoms with E-state index >= 15 is 0 Å². The molecule has 0 spiro atoms. The Labute approximate surface area is 83.1 Å². The van der Waals surface area contributed by atoms with E-state index in [2.05, 4.69) is 14.6 Å². The number of aliphatic hydroxyl groups excluding tert-OH is 1. The van der Waals surface area contributed by atoms with E-state index in [9.17, 15) is 5.11 Å². The Morgan fingerprint density at radius 2 is 2.46 bits per heavy atom. The van der Waals surface area contributed by atoms with Gasteiger partial charge in [0.05, 0.1) is 5.01 Å². The van der Waals surface area contributed by atoms with Crippen molar-refractivity contribution in [3.63, 3.8) is 0 Å². The van der Waals surface area contributed by atoms with Crippen LogP contribution >= 0.6 is 22.9 Å². The number of hydrogen-bond donors (Lipinski definition) is 1. The van der Waals surface area contributed by atoms with Crippen LogP contribution in [0, 0.1) is 0 Å². The highest BCUT2D eigenvalue weighted by molar-refractivity contribution is 7.09. The van der Waals surface area contributed by atoms with Crippen molar-refractivity contribution in [1.29, 1.82) is 0 Å². The van der Waals surface area contributed by atoms with Crippen molar-refractivity contribution in [2.75, 3.05) is 0 Å². The van der Waals surface area contributed by atoms with E-state index in [1.54, 1.807) is 11.6 Å². The molecule has 1 atom stereocenters. The van der Waals surface area contributed by atoms with Crippen LogP contribution in [0.15, 0.2) is 17.0 Å². The Morgan fingerprint density at radius 1 is 1.54 bits per heavy atom. The SMILES string of the molecule is OC(Cc1nccs1)c1csnn1. The molecule has 0 aliphatic carbocycles. The van der Waals surface area contributed by atoms with Gasteiger partial charge < -0.3 is 5.11 Å². The Balaban J connectivity index is 2.04. The molecule has 0 aromatic carbocycles. The summed E-state index contributed by atoms with van der Waals surface area (Å²) in [5.41, 5.74) is 0.625. The molecule has 0 saturated carbocycles. The highest BCUT2D eigenvalue weighted by atomic mass is 32.1. The summed E-state index contributed by atoms with van der Waals surface area (Å²) in [5, 5.41) is 18.0. The van der Waals surface area contributed by atoms with Crippen molar-refractivity contribution >= 4 is 22.9 Å². The van der Waals surface area contributed by atoms with Crippen molar-refractivity contribution < 1.29 is 5.11 Å². The minimum atomic E-state index is -0.579. The molecule has 2 aromatic heterocycles. The second-order valence-electron chi connectivity index (χ2n) is 2.48. The highest BCUT2D eigenvalue weighted by Crippen LogP contribution is 2.17. The van der Waals surface area contributed by atoms with Crippen LogP contribution in [0.4, 0.5) is 0 Å². The molecule has 6 heteroatoms. The van der Waals surface area contributed by atoms with E-state index < -0.39 is 6.10 Å². The molecule has 13 heavy (non-hydrogen) atoms. The topological polar surface area (TPSA) is 58.9 Å². The smallest absolute Gasteiger partial charge is 0.105 e. The predicted molar refractivity (Wildman–Crippen MR) is 50.7 cm³/mol. The van der Waals surface area contributed by atoms with E-state index in [-0.39, 0.29) is 0 Å². The fraction of sp³-hybridized carbons (Fsp3) is 0.286. The second-order valence-corrected chi connectivity index (χ2v) is 4.06. The lowest BCUT2D eigenvalue weighted by Crippen LogP contribution is -2.01. The van der Waals surface area contributed by atoms with E-state index in [4.69, 9.17) is 0 Å². The molecule has 0 bridgehead atoms. The molecule has 0 aliphatic rings. The maximum atomic E-state index is 9.65. The van der Waals surface area contributed by atoms with Gasteiger partial charge in [0, 0.05) is 23.4 Å². The van der Waals surface area contributed by atoms with Gasteiger partial charge >= 0.3 is 0 Å². The summed E-state index contributed by atoms with van der Waals surface area (Å²) in [4.78, 5) is 4.08. The minimum absolute atomic E-state index is 0.517. The van der Waals surface area contributed by atoms with Crippen LogP contribution in [0.1, 0.15) is 16.8 Å². The first-order chi connectivity index (χ1) is 6.36. The predicted octanol–water partition coefficient (Wildman–Crippen LogP) is 1.27. The summed E-state index contributed by atoms with van der Waals surface area (Å²) in [5.74, 6) is 0. The molecule has 2 aromatic rings. The zero-order chi connectivity index (χ0) is 9.10. The van der Waals surface area contributed by atoms with Crippen molar-refractivity contribution in [3.05, 3.63) is 27.7 Å². The third kappa shape index (κ3) is 2.09. The van der Waals surface area contributed by atoms with Gasteiger partial charge in [0.15, 0.2) is 0 Å². The van der Waals surface area contributed by atoms with Crippen molar-refractivity contribution in [2.24, 2.45) is 0 Å². The monoisotopic (exact) mass is 213 g/mol. The summed E-state index contributed by atoms with van der Waals surface area (Å²) < 4.78 is 3.69. The first-order valence-corrected chi connectivity index (χ1v) is 5.41. The van der Waals surface area contributed by atoms with Crippen LogP contribution in [-0.4, -0.2) is 19.7 Å². The lowest BCUT2D eigenvalue weighted by atomic mass is 10.2. The Hall–Kier alpha value is -0.850. The van der Waals surface area contributed by atoms with Gasteiger partial charge in [-0.15, -0.1) is 16.4 Å². The molecule has 4 nitrogen and oxygen atoms in total. The quantitative estimate of drug-likeness (QED) is 0.834. The first kappa shape index (κ1) is 8.74. The average Bonchev–Trinajstić information content (AvgIpc) is 2.74. The first-order valence-electron chi connectivity index (χ1n) is 3.69. The van der Waals surface area contributed by atoms with Gasteiger partial charge in [0.2, 0.25) is 0 Å². The van der Waals surface area contributed by atoms with E-state index in [1.807, 2.05) is 5.38 Å². The van der Waals surface area contributed by atoms with Gasteiger partial charge in [-0.3, -0.25) is 0 Å². The van der Waals surface area contributed by atoms with E-state index in [0.29, 0.717) is 12.1 Å². The van der Waals surface area contributed by atoms with Gasteiger partial charge in [0.25, 0.3) is 0 Å². The lowest BCUT2D eigenvalue weighted by Gasteiger charge is -2.02. The van der Waals surface area contributed by atoms with Crippen molar-refractivity contribution in [2.45, 2.75) is 12.5 Å². The number of thiazole rings is 1. The third-order valence-corrected chi connectivity index (χ3v) is 2.89. The molecule has 0 fully saturated rings. The minimum Gasteiger partial charge on any atom is -0.386 e. The van der Waals surface area contributed by atoms with Crippen molar-refractivity contribution in [3.8, 4) is 0 Å². The molecule has 0 amide bonds. The molecule has 1 N–H and O–H groups in total. The molecule has 2 rings (SSSR count). The van der Waals surface area contributed by atoms with Gasteiger partial charge in [0.1, 0.15) is 11.8 Å². The Morgan fingerprint density at radius 3 is 3.08 bits per heavy atom. The van der Waals surface area contributed by atoms with Gasteiger partial charge in [-0.1, -0.05) is 4.49 Å². The lowest BCUT2D eigenvalue weighted by molar-refractivity contribution is 0.173. The van der Waals surface area contributed by atoms with Crippen LogP contribution < -0.4 is 0 Å². The molecular formula is C7H7N3OS2. The zero-order valence-electron chi connectivity index (χ0n) is 6.62. The number of aromatic nitrogens is 3. The normalized spacial score (nSPS) is 13.0. The van der Waals surface area contributed by atoms with Crippen LogP contribution in [-0.2, 0) is 6.42 Å². The fourth-order valence-corrected chi connectivity index (χ4v) is 2.10. The third-order valence-electron chi connectivity index (χ3n) is 1.57. The molecule has 0 radical (unpaired) electrons. The summed E-state index contributed by atoms with van der Waals surface area (Å²) in [6, 6.07) is 0. The number of hydrogen-bond acceptors (Lipinski definition) is 6. The summed E-state index contributed by atoms with van der Waals surface area (Å²) >= 11 is 2.78. The summed E-state index contributed by atoms with van der Waals surface area (Å²) in [7, 11) is 0. The molecule has 1 unspecified atom stereocenters. The molecule has 0 saturated heterocycles. The van der Waals surface area contributed by atoms with Crippen molar-refractivity contribution in [1.82, 2.24) is 14.6 Å². The number of aliphatic hydroxyl groups is 1.